The van der Waals surface area contributed by atoms with E-state index < -0.39 is 60.1 Å². The molecule has 0 aliphatic carbocycles. The summed E-state index contributed by atoms with van der Waals surface area (Å²) in [6, 6.07) is 6.84. The highest BCUT2D eigenvalue weighted by atomic mass is 35.5. The van der Waals surface area contributed by atoms with Crippen molar-refractivity contribution in [3.05, 3.63) is 53.3 Å². The van der Waals surface area contributed by atoms with E-state index in [2.05, 4.69) is 15.4 Å². The number of halogens is 5. The number of carbonyl (C=O) groups is 3. The molecule has 3 rings (SSSR count). The van der Waals surface area contributed by atoms with E-state index in [1.54, 1.807) is 20.8 Å². The molecule has 2 aromatic rings. The smallest absolute Gasteiger partial charge is 0.484 e. The van der Waals surface area contributed by atoms with Gasteiger partial charge < -0.3 is 24.8 Å². The number of nitrogens with zero attached hydrogens (tertiary/aromatic N) is 1. The number of carbonyl (C=O) groups excluding carboxylic acids is 3. The fraction of sp³-hybridized carbons (Fsp3) is 0.423. The average molecular weight is 590 g/mol. The fourth-order valence-corrected chi connectivity index (χ4v) is 3.98. The van der Waals surface area contributed by atoms with Crippen molar-refractivity contribution in [1.29, 1.82) is 0 Å². The summed E-state index contributed by atoms with van der Waals surface area (Å²) in [5.74, 6) is -2.34. The molecule has 1 fully saturated rings. The van der Waals surface area contributed by atoms with E-state index in [4.69, 9.17) is 21.1 Å². The van der Waals surface area contributed by atoms with Crippen molar-refractivity contribution in [1.82, 2.24) is 10.2 Å². The SMILES string of the molecule is CC(C)(C)OC(=O)N1C[C@@H](NC(=O)COc2ccc(Cl)c(F)c2)CC[C@@H]1C(=O)Nc1cccc(OC(F)(F)F)c1. The highest BCUT2D eigenvalue weighted by Crippen LogP contribution is 2.27. The molecule has 1 saturated heterocycles. The molecule has 1 aliphatic heterocycles. The number of alkyl halides is 3. The largest absolute Gasteiger partial charge is 0.573 e. The third-order valence-corrected chi connectivity index (χ3v) is 5.78. The highest BCUT2D eigenvalue weighted by molar-refractivity contribution is 6.30. The molecule has 218 valence electrons. The summed E-state index contributed by atoms with van der Waals surface area (Å²) in [6.07, 6.45) is -5.32. The summed E-state index contributed by atoms with van der Waals surface area (Å²) < 4.78 is 65.9. The maximum absolute atomic E-state index is 13.6. The van der Waals surface area contributed by atoms with Crippen molar-refractivity contribution in [2.75, 3.05) is 18.5 Å². The van der Waals surface area contributed by atoms with Crippen LogP contribution in [0.25, 0.3) is 0 Å². The van der Waals surface area contributed by atoms with E-state index in [9.17, 15) is 31.9 Å². The van der Waals surface area contributed by atoms with Gasteiger partial charge in [0.05, 0.1) is 5.02 Å². The van der Waals surface area contributed by atoms with Gasteiger partial charge in [0.25, 0.3) is 5.91 Å². The number of nitrogens with one attached hydrogen (secondary N) is 2. The lowest BCUT2D eigenvalue weighted by Gasteiger charge is -2.39. The molecule has 0 aromatic heterocycles. The Morgan fingerprint density at radius 3 is 2.42 bits per heavy atom. The van der Waals surface area contributed by atoms with Crippen LogP contribution in [0.1, 0.15) is 33.6 Å². The molecule has 14 heteroatoms. The van der Waals surface area contributed by atoms with Gasteiger partial charge in [-0.25, -0.2) is 9.18 Å². The summed E-state index contributed by atoms with van der Waals surface area (Å²) in [5.41, 5.74) is -0.860. The van der Waals surface area contributed by atoms with Crippen LogP contribution in [-0.2, 0) is 14.3 Å². The van der Waals surface area contributed by atoms with Crippen LogP contribution >= 0.6 is 11.6 Å². The van der Waals surface area contributed by atoms with Crippen molar-refractivity contribution in [2.45, 2.75) is 57.7 Å². The summed E-state index contributed by atoms with van der Waals surface area (Å²) in [6.45, 7) is 4.40. The van der Waals surface area contributed by atoms with E-state index >= 15 is 0 Å². The Bertz CT molecular complexity index is 1240. The molecule has 0 spiro atoms. The van der Waals surface area contributed by atoms with Gasteiger partial charge in [0.2, 0.25) is 5.91 Å². The van der Waals surface area contributed by atoms with Gasteiger partial charge in [-0.3, -0.25) is 14.5 Å². The number of rotatable bonds is 7. The van der Waals surface area contributed by atoms with Crippen LogP contribution in [0, 0.1) is 5.82 Å². The number of benzene rings is 2. The molecule has 0 unspecified atom stereocenters. The third kappa shape index (κ3) is 9.47. The van der Waals surface area contributed by atoms with E-state index in [1.165, 1.54) is 24.3 Å². The number of hydrogen-bond acceptors (Lipinski definition) is 6. The summed E-state index contributed by atoms with van der Waals surface area (Å²) in [4.78, 5) is 39.7. The van der Waals surface area contributed by atoms with Crippen molar-refractivity contribution in [3.8, 4) is 11.5 Å². The number of hydrogen-bond donors (Lipinski definition) is 2. The summed E-state index contributed by atoms with van der Waals surface area (Å²) >= 11 is 5.63. The maximum Gasteiger partial charge on any atom is 0.573 e. The molecule has 0 radical (unpaired) electrons. The second-order valence-electron chi connectivity index (χ2n) is 9.92. The molecule has 1 aliphatic rings. The third-order valence-electron chi connectivity index (χ3n) is 5.47. The van der Waals surface area contributed by atoms with Crippen molar-refractivity contribution >= 4 is 35.2 Å². The molecule has 2 aromatic carbocycles. The topological polar surface area (TPSA) is 106 Å². The van der Waals surface area contributed by atoms with Crippen LogP contribution in [-0.4, -0.2) is 60.0 Å². The quantitative estimate of drug-likeness (QED) is 0.426. The van der Waals surface area contributed by atoms with Gasteiger partial charge in [-0.1, -0.05) is 17.7 Å². The second kappa shape index (κ2) is 12.6. The van der Waals surface area contributed by atoms with Crippen LogP contribution < -0.4 is 20.1 Å². The minimum absolute atomic E-state index is 0.0297. The van der Waals surface area contributed by atoms with E-state index in [-0.39, 0.29) is 35.8 Å². The van der Waals surface area contributed by atoms with Gasteiger partial charge in [0, 0.05) is 30.4 Å². The Labute approximate surface area is 232 Å². The van der Waals surface area contributed by atoms with Crippen molar-refractivity contribution in [3.63, 3.8) is 0 Å². The van der Waals surface area contributed by atoms with Crippen LogP contribution in [0.2, 0.25) is 5.02 Å². The Kier molecular flexibility index (Phi) is 9.72. The van der Waals surface area contributed by atoms with E-state index in [0.29, 0.717) is 0 Å². The molecule has 9 nitrogen and oxygen atoms in total. The standard InChI is InChI=1S/C26H28ClF4N3O6/c1-25(2,3)40-24(37)34-13-16(32-22(35)14-38-17-8-9-19(27)20(28)12-17)7-10-21(34)23(36)33-15-5-4-6-18(11-15)39-26(29,30)31/h4-6,8-9,11-12,16,21H,7,10,13-14H2,1-3H3,(H,32,35)(H,33,36)/t16-,21+/m0/s1. The van der Waals surface area contributed by atoms with E-state index in [1.807, 2.05) is 0 Å². The van der Waals surface area contributed by atoms with Gasteiger partial charge in [0.1, 0.15) is 29.0 Å². The average Bonchev–Trinajstić information content (AvgIpc) is 2.83. The van der Waals surface area contributed by atoms with E-state index in [0.717, 1.165) is 23.1 Å². The zero-order chi connectivity index (χ0) is 29.7. The molecule has 2 N–H and O–H groups in total. The molecule has 0 saturated carbocycles. The summed E-state index contributed by atoms with van der Waals surface area (Å²) in [7, 11) is 0. The Morgan fingerprint density at radius 2 is 1.77 bits per heavy atom. The van der Waals surface area contributed by atoms with Crippen LogP contribution in [0.5, 0.6) is 11.5 Å². The normalized spacial score (nSPS) is 17.6. The fourth-order valence-electron chi connectivity index (χ4n) is 3.87. The second-order valence-corrected chi connectivity index (χ2v) is 10.3. The van der Waals surface area contributed by atoms with Crippen LogP contribution in [0.4, 0.5) is 28.0 Å². The maximum atomic E-state index is 13.6. The first-order valence-electron chi connectivity index (χ1n) is 12.1. The predicted molar refractivity (Wildman–Crippen MR) is 137 cm³/mol. The zero-order valence-corrected chi connectivity index (χ0v) is 22.6. The predicted octanol–water partition coefficient (Wildman–Crippen LogP) is 5.28. The zero-order valence-electron chi connectivity index (χ0n) is 21.8. The number of piperidine rings is 1. The number of likely N-dealkylation sites (tertiary alicyclic amines) is 1. The minimum Gasteiger partial charge on any atom is -0.484 e. The number of anilines is 1. The molecule has 3 amide bonds. The van der Waals surface area contributed by atoms with Crippen LogP contribution in [0.15, 0.2) is 42.5 Å². The van der Waals surface area contributed by atoms with Crippen molar-refractivity contribution < 1.29 is 46.2 Å². The lowest BCUT2D eigenvalue weighted by Crippen LogP contribution is -2.58. The highest BCUT2D eigenvalue weighted by Gasteiger charge is 2.39. The molecular formula is C26H28ClF4N3O6. The van der Waals surface area contributed by atoms with Crippen molar-refractivity contribution in [2.24, 2.45) is 0 Å². The number of ether oxygens (including phenoxy) is 3. The van der Waals surface area contributed by atoms with Gasteiger partial charge in [-0.05, 0) is 57.9 Å². The van der Waals surface area contributed by atoms with Gasteiger partial charge in [-0.15, -0.1) is 13.2 Å². The van der Waals surface area contributed by atoms with Gasteiger partial charge in [0.15, 0.2) is 6.61 Å². The first kappa shape index (κ1) is 30.8. The van der Waals surface area contributed by atoms with Crippen LogP contribution in [0.3, 0.4) is 0 Å². The molecule has 0 bridgehead atoms. The lowest BCUT2D eigenvalue weighted by molar-refractivity contribution is -0.274. The molecule has 2 atom stereocenters. The Balaban J connectivity index is 1.66. The molecular weight excluding hydrogens is 562 g/mol. The lowest BCUT2D eigenvalue weighted by atomic mass is 9.97. The monoisotopic (exact) mass is 589 g/mol. The Hall–Kier alpha value is -3.74. The molecule has 1 heterocycles. The Morgan fingerprint density at radius 1 is 1.05 bits per heavy atom. The van der Waals surface area contributed by atoms with Gasteiger partial charge in [-0.2, -0.15) is 0 Å². The molecule has 40 heavy (non-hydrogen) atoms. The summed E-state index contributed by atoms with van der Waals surface area (Å²) in [5, 5.41) is 5.12. The minimum atomic E-state index is -4.91. The van der Waals surface area contributed by atoms with Gasteiger partial charge >= 0.3 is 12.5 Å². The first-order chi connectivity index (χ1) is 18.6. The number of amides is 3. The first-order valence-corrected chi connectivity index (χ1v) is 12.5.